The van der Waals surface area contributed by atoms with Gasteiger partial charge in [-0.15, -0.1) is 0 Å². The van der Waals surface area contributed by atoms with E-state index in [0.717, 1.165) is 17.8 Å². The average Bonchev–Trinajstić information content (AvgIpc) is 3.15. The second-order valence-corrected chi connectivity index (χ2v) is 8.50. The smallest absolute Gasteiger partial charge is 0.319 e. The monoisotopic (exact) mass is 416 g/mol. The van der Waals surface area contributed by atoms with Gasteiger partial charge in [0.15, 0.2) is 0 Å². The Morgan fingerprint density at radius 1 is 1.14 bits per heavy atom. The summed E-state index contributed by atoms with van der Waals surface area (Å²) >= 11 is 6.51. The van der Waals surface area contributed by atoms with Crippen molar-refractivity contribution >= 4 is 23.5 Å². The van der Waals surface area contributed by atoms with Crippen LogP contribution in [0.1, 0.15) is 31.1 Å². The number of halogens is 1. The number of amides is 3. The lowest BCUT2D eigenvalue weighted by atomic mass is 9.99. The fourth-order valence-corrected chi connectivity index (χ4v) is 4.10. The van der Waals surface area contributed by atoms with Crippen LogP contribution in [0.3, 0.4) is 0 Å². The van der Waals surface area contributed by atoms with Gasteiger partial charge in [-0.1, -0.05) is 43.6 Å². The van der Waals surface area contributed by atoms with Crippen molar-refractivity contribution < 1.29 is 9.59 Å². The van der Waals surface area contributed by atoms with Gasteiger partial charge in [0.25, 0.3) is 0 Å². The van der Waals surface area contributed by atoms with Crippen LogP contribution in [0.5, 0.6) is 0 Å². The molecule has 1 aliphatic rings. The molecule has 7 heteroatoms. The van der Waals surface area contributed by atoms with E-state index in [1.165, 1.54) is 4.90 Å². The van der Waals surface area contributed by atoms with Gasteiger partial charge in [0.2, 0.25) is 5.91 Å². The molecule has 2 heterocycles. The van der Waals surface area contributed by atoms with Crippen LogP contribution < -0.4 is 0 Å². The third-order valence-electron chi connectivity index (χ3n) is 5.12. The first-order valence-electron chi connectivity index (χ1n) is 9.94. The number of benzene rings is 1. The van der Waals surface area contributed by atoms with Gasteiger partial charge in [0, 0.05) is 50.6 Å². The Bertz CT molecular complexity index is 877. The van der Waals surface area contributed by atoms with Crippen LogP contribution in [0.25, 0.3) is 0 Å². The average molecular weight is 417 g/mol. The number of hydrogen-bond donors (Lipinski definition) is 0. The van der Waals surface area contributed by atoms with Crippen molar-refractivity contribution in [3.8, 4) is 0 Å². The van der Waals surface area contributed by atoms with E-state index in [4.69, 9.17) is 11.6 Å². The highest BCUT2D eigenvalue weighted by Crippen LogP contribution is 2.36. The SMILES string of the molecule is CC(C)CN(CC(=O)N1CCn2cccc2C1c1ccccc1Cl)C(=O)N(C)C. The van der Waals surface area contributed by atoms with Crippen LogP contribution in [0.2, 0.25) is 5.02 Å². The zero-order valence-electron chi connectivity index (χ0n) is 17.5. The van der Waals surface area contributed by atoms with Gasteiger partial charge in [-0.25, -0.2) is 4.79 Å². The van der Waals surface area contributed by atoms with Crippen molar-refractivity contribution in [2.75, 3.05) is 33.7 Å². The van der Waals surface area contributed by atoms with E-state index in [2.05, 4.69) is 4.57 Å². The number of carbonyl (C=O) groups is 2. The molecule has 0 saturated heterocycles. The highest BCUT2D eigenvalue weighted by Gasteiger charge is 2.34. The lowest BCUT2D eigenvalue weighted by Gasteiger charge is -2.39. The Labute approximate surface area is 177 Å². The predicted molar refractivity (Wildman–Crippen MR) is 115 cm³/mol. The predicted octanol–water partition coefficient (Wildman–Crippen LogP) is 3.71. The van der Waals surface area contributed by atoms with Gasteiger partial charge < -0.3 is 19.3 Å². The maximum Gasteiger partial charge on any atom is 0.319 e. The topological polar surface area (TPSA) is 48.8 Å². The van der Waals surface area contributed by atoms with Crippen LogP contribution in [0.4, 0.5) is 4.79 Å². The molecule has 1 atom stereocenters. The first-order valence-corrected chi connectivity index (χ1v) is 10.3. The Morgan fingerprint density at radius 2 is 1.86 bits per heavy atom. The van der Waals surface area contributed by atoms with Crippen LogP contribution >= 0.6 is 11.6 Å². The molecule has 3 rings (SSSR count). The van der Waals surface area contributed by atoms with Gasteiger partial charge in [-0.3, -0.25) is 4.79 Å². The summed E-state index contributed by atoms with van der Waals surface area (Å²) in [5, 5.41) is 0.633. The molecular weight excluding hydrogens is 388 g/mol. The zero-order chi connectivity index (χ0) is 21.1. The van der Waals surface area contributed by atoms with E-state index >= 15 is 0 Å². The van der Waals surface area contributed by atoms with Crippen molar-refractivity contribution in [3.63, 3.8) is 0 Å². The summed E-state index contributed by atoms with van der Waals surface area (Å²) in [6.07, 6.45) is 2.03. The first kappa shape index (κ1) is 21.2. The minimum absolute atomic E-state index is 0.0524. The van der Waals surface area contributed by atoms with E-state index in [1.807, 2.05) is 61.3 Å². The zero-order valence-corrected chi connectivity index (χ0v) is 18.3. The van der Waals surface area contributed by atoms with E-state index < -0.39 is 0 Å². The normalized spacial score (nSPS) is 15.9. The third-order valence-corrected chi connectivity index (χ3v) is 5.47. The van der Waals surface area contributed by atoms with Crippen LogP contribution in [-0.2, 0) is 11.3 Å². The quantitative estimate of drug-likeness (QED) is 0.745. The number of carbonyl (C=O) groups excluding carboxylic acids is 2. The Morgan fingerprint density at radius 3 is 2.52 bits per heavy atom. The van der Waals surface area contributed by atoms with Gasteiger partial charge in [-0.2, -0.15) is 0 Å². The van der Waals surface area contributed by atoms with Crippen LogP contribution in [0.15, 0.2) is 42.6 Å². The summed E-state index contributed by atoms with van der Waals surface area (Å²) in [6.45, 7) is 5.96. The molecule has 0 saturated carbocycles. The molecule has 0 N–H and O–H groups in total. The lowest BCUT2D eigenvalue weighted by Crippen LogP contribution is -2.50. The van der Waals surface area contributed by atoms with Gasteiger partial charge in [0.05, 0.1) is 6.04 Å². The molecule has 3 amide bonds. The third kappa shape index (κ3) is 4.58. The number of rotatable bonds is 5. The highest BCUT2D eigenvalue weighted by molar-refractivity contribution is 6.31. The summed E-state index contributed by atoms with van der Waals surface area (Å²) in [6, 6.07) is 11.2. The van der Waals surface area contributed by atoms with Gasteiger partial charge >= 0.3 is 6.03 Å². The Balaban J connectivity index is 1.92. The molecular formula is C22H29ClN4O2. The number of urea groups is 1. The Hall–Kier alpha value is -2.47. The second kappa shape index (κ2) is 8.91. The molecule has 156 valence electrons. The van der Waals surface area contributed by atoms with E-state index in [0.29, 0.717) is 18.1 Å². The minimum Gasteiger partial charge on any atom is -0.348 e. The molecule has 1 aromatic heterocycles. The molecule has 0 fully saturated rings. The molecule has 1 unspecified atom stereocenters. The summed E-state index contributed by atoms with van der Waals surface area (Å²) in [5.74, 6) is 0.197. The fourth-order valence-electron chi connectivity index (χ4n) is 3.86. The van der Waals surface area contributed by atoms with E-state index in [-0.39, 0.29) is 30.4 Å². The number of hydrogen-bond acceptors (Lipinski definition) is 2. The van der Waals surface area contributed by atoms with Crippen molar-refractivity contribution in [3.05, 3.63) is 58.9 Å². The van der Waals surface area contributed by atoms with E-state index in [1.54, 1.807) is 19.0 Å². The van der Waals surface area contributed by atoms with Crippen molar-refractivity contribution in [1.82, 2.24) is 19.3 Å². The lowest BCUT2D eigenvalue weighted by molar-refractivity contribution is -0.134. The maximum absolute atomic E-state index is 13.4. The van der Waals surface area contributed by atoms with Crippen LogP contribution in [0, 0.1) is 5.92 Å². The minimum atomic E-state index is -0.268. The number of nitrogens with zero attached hydrogens (tertiary/aromatic N) is 4. The van der Waals surface area contributed by atoms with Gasteiger partial charge in [-0.05, 0) is 29.7 Å². The summed E-state index contributed by atoms with van der Waals surface area (Å²) in [7, 11) is 3.42. The fraction of sp³-hybridized carbons (Fsp3) is 0.455. The maximum atomic E-state index is 13.4. The molecule has 0 aliphatic carbocycles. The summed E-state index contributed by atoms with van der Waals surface area (Å²) in [4.78, 5) is 31.0. The first-order chi connectivity index (χ1) is 13.8. The summed E-state index contributed by atoms with van der Waals surface area (Å²) < 4.78 is 2.16. The molecule has 0 radical (unpaired) electrons. The molecule has 6 nitrogen and oxygen atoms in total. The van der Waals surface area contributed by atoms with Crippen molar-refractivity contribution in [2.45, 2.75) is 26.4 Å². The van der Waals surface area contributed by atoms with Crippen LogP contribution in [-0.4, -0.2) is 64.9 Å². The highest BCUT2D eigenvalue weighted by atomic mass is 35.5. The molecule has 0 bridgehead atoms. The second-order valence-electron chi connectivity index (χ2n) is 8.09. The van der Waals surface area contributed by atoms with Crippen molar-refractivity contribution in [1.29, 1.82) is 0 Å². The van der Waals surface area contributed by atoms with Crippen molar-refractivity contribution in [2.24, 2.45) is 5.92 Å². The number of aromatic nitrogens is 1. The number of fused-ring (bicyclic) bond motifs is 1. The largest absolute Gasteiger partial charge is 0.348 e. The standard InChI is InChI=1S/C22H29ClN4O2/c1-16(2)14-26(22(29)24(3)4)15-20(28)27-13-12-25-11-7-10-19(25)21(27)17-8-5-6-9-18(17)23/h5-11,16,21H,12-15H2,1-4H3. The molecule has 2 aromatic rings. The molecule has 29 heavy (non-hydrogen) atoms. The van der Waals surface area contributed by atoms with E-state index in [9.17, 15) is 9.59 Å². The summed E-state index contributed by atoms with van der Waals surface area (Å²) in [5.41, 5.74) is 1.93. The molecule has 0 spiro atoms. The Kier molecular flexibility index (Phi) is 6.52. The molecule has 1 aromatic carbocycles. The molecule has 1 aliphatic heterocycles. The van der Waals surface area contributed by atoms with Gasteiger partial charge in [0.1, 0.15) is 6.54 Å².